The summed E-state index contributed by atoms with van der Waals surface area (Å²) >= 11 is 0. The molecule has 0 spiro atoms. The third-order valence-electron chi connectivity index (χ3n) is 3.60. The average molecular weight is 253 g/mol. The van der Waals surface area contributed by atoms with E-state index in [0.29, 0.717) is 13.0 Å². The first kappa shape index (κ1) is 12.6. The SMILES string of the molecule is CC1OCCC1(C)n1c(C(=O)O)cc(O)cc1=O. The molecule has 98 valence electrons. The molecule has 2 heterocycles. The van der Waals surface area contributed by atoms with Crippen LogP contribution in [0.25, 0.3) is 0 Å². The van der Waals surface area contributed by atoms with E-state index in [-0.39, 0.29) is 17.5 Å². The molecule has 1 aliphatic heterocycles. The number of hydrogen-bond acceptors (Lipinski definition) is 4. The maximum absolute atomic E-state index is 12.0. The Kier molecular flexibility index (Phi) is 2.90. The summed E-state index contributed by atoms with van der Waals surface area (Å²) in [7, 11) is 0. The Morgan fingerprint density at radius 2 is 2.22 bits per heavy atom. The second-order valence-corrected chi connectivity index (χ2v) is 4.70. The number of nitrogens with zero attached hydrogens (tertiary/aromatic N) is 1. The monoisotopic (exact) mass is 253 g/mol. The van der Waals surface area contributed by atoms with E-state index in [9.17, 15) is 14.7 Å². The second-order valence-electron chi connectivity index (χ2n) is 4.70. The highest BCUT2D eigenvalue weighted by atomic mass is 16.5. The maximum Gasteiger partial charge on any atom is 0.352 e. The lowest BCUT2D eigenvalue weighted by Gasteiger charge is -2.31. The van der Waals surface area contributed by atoms with E-state index >= 15 is 0 Å². The molecule has 2 unspecified atom stereocenters. The molecule has 0 saturated carbocycles. The number of aromatic nitrogens is 1. The van der Waals surface area contributed by atoms with Crippen molar-refractivity contribution in [2.45, 2.75) is 31.9 Å². The Labute approximate surface area is 103 Å². The van der Waals surface area contributed by atoms with Gasteiger partial charge in [0.05, 0.1) is 11.6 Å². The van der Waals surface area contributed by atoms with E-state index in [1.165, 1.54) is 4.57 Å². The van der Waals surface area contributed by atoms with E-state index in [2.05, 4.69) is 0 Å². The third kappa shape index (κ3) is 1.78. The van der Waals surface area contributed by atoms with Crippen molar-refractivity contribution in [2.75, 3.05) is 6.61 Å². The molecule has 1 aromatic rings. The number of carboxylic acids is 1. The number of carboxylic acid groups (broad SMARTS) is 1. The van der Waals surface area contributed by atoms with Gasteiger partial charge in [0.25, 0.3) is 5.56 Å². The fraction of sp³-hybridized carbons (Fsp3) is 0.500. The zero-order valence-corrected chi connectivity index (χ0v) is 10.2. The molecule has 0 amide bonds. The van der Waals surface area contributed by atoms with Gasteiger partial charge in [-0.25, -0.2) is 4.79 Å². The molecule has 1 saturated heterocycles. The molecule has 0 bridgehead atoms. The summed E-state index contributed by atoms with van der Waals surface area (Å²) in [6.45, 7) is 4.07. The topological polar surface area (TPSA) is 88.8 Å². The molecular weight excluding hydrogens is 238 g/mol. The maximum atomic E-state index is 12.0. The van der Waals surface area contributed by atoms with Gasteiger partial charge in [-0.1, -0.05) is 0 Å². The standard InChI is InChI=1S/C12H15NO5/c1-7-12(2,3-4-18-7)13-9(11(16)17)5-8(14)6-10(13)15/h5-7,14H,3-4H2,1-2H3,(H,16,17). The molecule has 1 aromatic heterocycles. The number of aromatic hydroxyl groups is 1. The third-order valence-corrected chi connectivity index (χ3v) is 3.60. The van der Waals surface area contributed by atoms with Crippen molar-refractivity contribution in [1.29, 1.82) is 0 Å². The quantitative estimate of drug-likeness (QED) is 0.812. The van der Waals surface area contributed by atoms with Crippen LogP contribution in [0.15, 0.2) is 16.9 Å². The van der Waals surface area contributed by atoms with E-state index in [1.54, 1.807) is 13.8 Å². The number of aromatic carboxylic acids is 1. The summed E-state index contributed by atoms with van der Waals surface area (Å²) in [5.41, 5.74) is -1.47. The highest BCUT2D eigenvalue weighted by molar-refractivity contribution is 5.86. The van der Waals surface area contributed by atoms with Crippen molar-refractivity contribution in [3.8, 4) is 5.75 Å². The van der Waals surface area contributed by atoms with Gasteiger partial charge in [-0.3, -0.25) is 9.36 Å². The van der Waals surface area contributed by atoms with Crippen LogP contribution < -0.4 is 5.56 Å². The number of hydrogen-bond donors (Lipinski definition) is 2. The average Bonchev–Trinajstić information content (AvgIpc) is 2.58. The van der Waals surface area contributed by atoms with E-state index in [4.69, 9.17) is 9.84 Å². The summed E-state index contributed by atoms with van der Waals surface area (Å²) in [5, 5.41) is 18.5. The largest absolute Gasteiger partial charge is 0.508 e. The van der Waals surface area contributed by atoms with Gasteiger partial charge in [0, 0.05) is 18.7 Å². The minimum atomic E-state index is -1.25. The summed E-state index contributed by atoms with van der Waals surface area (Å²) in [4.78, 5) is 23.2. The zero-order chi connectivity index (χ0) is 13.5. The van der Waals surface area contributed by atoms with Gasteiger partial charge < -0.3 is 14.9 Å². The van der Waals surface area contributed by atoms with Crippen molar-refractivity contribution in [3.05, 3.63) is 28.2 Å². The van der Waals surface area contributed by atoms with Crippen LogP contribution in [-0.4, -0.2) is 33.5 Å². The van der Waals surface area contributed by atoms with Crippen LogP contribution in [0.5, 0.6) is 5.75 Å². The first-order valence-electron chi connectivity index (χ1n) is 5.67. The molecule has 2 rings (SSSR count). The minimum absolute atomic E-state index is 0.222. The number of ether oxygens (including phenoxy) is 1. The smallest absolute Gasteiger partial charge is 0.352 e. The van der Waals surface area contributed by atoms with Crippen LogP contribution in [0.4, 0.5) is 0 Å². The molecule has 0 aromatic carbocycles. The van der Waals surface area contributed by atoms with Crippen molar-refractivity contribution >= 4 is 5.97 Å². The molecule has 0 radical (unpaired) electrons. The van der Waals surface area contributed by atoms with E-state index in [0.717, 1.165) is 12.1 Å². The van der Waals surface area contributed by atoms with Gasteiger partial charge in [0.2, 0.25) is 0 Å². The van der Waals surface area contributed by atoms with Gasteiger partial charge in [-0.05, 0) is 20.3 Å². The van der Waals surface area contributed by atoms with Gasteiger partial charge >= 0.3 is 5.97 Å². The summed E-state index contributed by atoms with van der Waals surface area (Å²) in [6, 6.07) is 2.10. The fourth-order valence-electron chi connectivity index (χ4n) is 2.36. The Morgan fingerprint density at radius 3 is 2.72 bits per heavy atom. The number of carbonyl (C=O) groups is 1. The summed E-state index contributed by atoms with van der Waals surface area (Å²) in [5.74, 6) is -1.59. The van der Waals surface area contributed by atoms with Crippen molar-refractivity contribution < 1.29 is 19.7 Å². The molecule has 18 heavy (non-hydrogen) atoms. The van der Waals surface area contributed by atoms with Crippen molar-refractivity contribution in [3.63, 3.8) is 0 Å². The summed E-state index contributed by atoms with van der Waals surface area (Å²) < 4.78 is 6.63. The number of pyridine rings is 1. The van der Waals surface area contributed by atoms with Gasteiger partial charge in [0.15, 0.2) is 0 Å². The predicted octanol–water partition coefficient (Wildman–Crippen LogP) is 0.776. The highest BCUT2D eigenvalue weighted by Gasteiger charge is 2.41. The van der Waals surface area contributed by atoms with Crippen LogP contribution in [0, 0.1) is 0 Å². The molecule has 1 aliphatic rings. The first-order chi connectivity index (χ1) is 8.36. The minimum Gasteiger partial charge on any atom is -0.508 e. The lowest BCUT2D eigenvalue weighted by molar-refractivity contribution is 0.0605. The Morgan fingerprint density at radius 1 is 1.56 bits per heavy atom. The van der Waals surface area contributed by atoms with Crippen molar-refractivity contribution in [1.82, 2.24) is 4.57 Å². The highest BCUT2D eigenvalue weighted by Crippen LogP contribution is 2.33. The molecule has 0 aliphatic carbocycles. The number of rotatable bonds is 2. The molecule has 1 fully saturated rings. The lowest BCUT2D eigenvalue weighted by Crippen LogP contribution is -2.45. The van der Waals surface area contributed by atoms with Crippen LogP contribution in [0.1, 0.15) is 30.8 Å². The zero-order valence-electron chi connectivity index (χ0n) is 10.2. The van der Waals surface area contributed by atoms with Crippen LogP contribution in [0.2, 0.25) is 0 Å². The van der Waals surface area contributed by atoms with Crippen LogP contribution in [0.3, 0.4) is 0 Å². The first-order valence-corrected chi connectivity index (χ1v) is 5.67. The molecule has 2 N–H and O–H groups in total. The van der Waals surface area contributed by atoms with Gasteiger partial charge in [0.1, 0.15) is 11.4 Å². The van der Waals surface area contributed by atoms with Crippen LogP contribution >= 0.6 is 0 Å². The van der Waals surface area contributed by atoms with Gasteiger partial charge in [-0.15, -0.1) is 0 Å². The molecule has 6 nitrogen and oxygen atoms in total. The second kappa shape index (κ2) is 4.13. The molecule has 6 heteroatoms. The fourth-order valence-corrected chi connectivity index (χ4v) is 2.36. The van der Waals surface area contributed by atoms with E-state index < -0.39 is 17.1 Å². The van der Waals surface area contributed by atoms with Gasteiger partial charge in [-0.2, -0.15) is 0 Å². The molecule has 2 atom stereocenters. The molecular formula is C12H15NO5. The Bertz CT molecular complexity index is 550. The summed E-state index contributed by atoms with van der Waals surface area (Å²) in [6.07, 6.45) is 0.289. The van der Waals surface area contributed by atoms with Crippen LogP contribution in [-0.2, 0) is 10.3 Å². The Balaban J connectivity index is 2.70. The van der Waals surface area contributed by atoms with E-state index in [1.807, 2.05) is 0 Å². The predicted molar refractivity (Wildman–Crippen MR) is 63.0 cm³/mol. The Hall–Kier alpha value is -1.82. The lowest BCUT2D eigenvalue weighted by atomic mass is 9.93. The van der Waals surface area contributed by atoms with Crippen molar-refractivity contribution in [2.24, 2.45) is 0 Å². The normalized spacial score (nSPS) is 27.3.